The van der Waals surface area contributed by atoms with Gasteiger partial charge >= 0.3 is 11.7 Å². The number of hydrogen-bond acceptors (Lipinski definition) is 7. The highest BCUT2D eigenvalue weighted by molar-refractivity contribution is 5.96. The molecule has 0 fully saturated rings. The predicted molar refractivity (Wildman–Crippen MR) is 95.1 cm³/mol. The molecule has 0 unspecified atom stereocenters. The van der Waals surface area contributed by atoms with Crippen LogP contribution in [0.5, 0.6) is 0 Å². The number of aromatic nitrogens is 1. The Balaban J connectivity index is 1.94. The number of esters is 1. The molecule has 8 nitrogen and oxygen atoms in total. The van der Waals surface area contributed by atoms with E-state index < -0.39 is 22.6 Å². The summed E-state index contributed by atoms with van der Waals surface area (Å²) in [5.74, 6) is -0.182. The molecule has 3 rings (SSSR count). The van der Waals surface area contributed by atoms with Gasteiger partial charge < -0.3 is 14.5 Å². The lowest BCUT2D eigenvalue weighted by molar-refractivity contribution is -0.384. The van der Waals surface area contributed by atoms with Crippen LogP contribution in [0.1, 0.15) is 36.0 Å². The van der Waals surface area contributed by atoms with Crippen LogP contribution in [0.25, 0.3) is 11.0 Å². The third-order valence-corrected chi connectivity index (χ3v) is 3.83. The number of fused-ring (bicyclic) bond motifs is 1. The number of hydrogen-bond donors (Lipinski definition) is 1. The van der Waals surface area contributed by atoms with E-state index in [1.807, 2.05) is 30.3 Å². The van der Waals surface area contributed by atoms with Gasteiger partial charge in [0, 0.05) is 11.6 Å². The summed E-state index contributed by atoms with van der Waals surface area (Å²) in [7, 11) is 0. The Kier molecular flexibility index (Phi) is 4.83. The Morgan fingerprint density at radius 1 is 1.38 bits per heavy atom. The molecule has 0 aliphatic heterocycles. The molecule has 0 amide bonds. The number of carbonyl (C=O) groups is 1. The van der Waals surface area contributed by atoms with Gasteiger partial charge in [0.15, 0.2) is 0 Å². The third kappa shape index (κ3) is 3.34. The maximum atomic E-state index is 12.0. The van der Waals surface area contributed by atoms with E-state index in [9.17, 15) is 14.9 Å². The first-order valence-electron chi connectivity index (χ1n) is 8.06. The van der Waals surface area contributed by atoms with Gasteiger partial charge in [-0.3, -0.25) is 10.1 Å². The van der Waals surface area contributed by atoms with Gasteiger partial charge in [-0.2, -0.15) is 0 Å². The van der Waals surface area contributed by atoms with Gasteiger partial charge in [-0.1, -0.05) is 18.2 Å². The molecule has 1 N–H and O–H groups in total. The van der Waals surface area contributed by atoms with Gasteiger partial charge in [0.2, 0.25) is 5.82 Å². The zero-order chi connectivity index (χ0) is 18.7. The molecule has 1 aromatic carbocycles. The van der Waals surface area contributed by atoms with Crippen molar-refractivity contribution in [3.8, 4) is 0 Å². The van der Waals surface area contributed by atoms with E-state index >= 15 is 0 Å². The number of nitrogens with zero attached hydrogens (tertiary/aromatic N) is 2. The van der Waals surface area contributed by atoms with E-state index in [0.29, 0.717) is 5.76 Å². The second kappa shape index (κ2) is 7.22. The van der Waals surface area contributed by atoms with Crippen LogP contribution in [0.15, 0.2) is 47.0 Å². The number of rotatable bonds is 6. The van der Waals surface area contributed by atoms with Crippen molar-refractivity contribution in [1.82, 2.24) is 4.98 Å². The van der Waals surface area contributed by atoms with Crippen molar-refractivity contribution in [3.05, 3.63) is 64.0 Å². The maximum absolute atomic E-state index is 12.0. The summed E-state index contributed by atoms with van der Waals surface area (Å²) >= 11 is 0. The summed E-state index contributed by atoms with van der Waals surface area (Å²) in [6.07, 6.45) is 1.33. The molecular formula is C18H17N3O5. The molecule has 0 spiro atoms. The SMILES string of the molecule is CCOC(=O)c1ccnc(N[C@H](C)c2cc3ccccc3o2)c1[N+](=O)[O-]. The summed E-state index contributed by atoms with van der Waals surface area (Å²) in [4.78, 5) is 26.9. The molecule has 8 heteroatoms. The molecule has 2 aromatic heterocycles. The standard InChI is InChI=1S/C18H17N3O5/c1-3-25-18(22)13-8-9-19-17(16(13)21(23)24)20-11(2)15-10-12-6-4-5-7-14(12)26-15/h4-11H,3H2,1-2H3,(H,19,20)/t11-/m1/s1. The summed E-state index contributed by atoms with van der Waals surface area (Å²) < 4.78 is 10.7. The van der Waals surface area contributed by atoms with Gasteiger partial charge in [0.05, 0.1) is 17.6 Å². The van der Waals surface area contributed by atoms with Crippen LogP contribution in [0, 0.1) is 10.1 Å². The Hall–Kier alpha value is -3.42. The van der Waals surface area contributed by atoms with Crippen molar-refractivity contribution in [2.45, 2.75) is 19.9 Å². The Morgan fingerprint density at radius 2 is 2.15 bits per heavy atom. The molecule has 0 radical (unpaired) electrons. The highest BCUT2D eigenvalue weighted by Gasteiger charge is 2.28. The van der Waals surface area contributed by atoms with Crippen LogP contribution in [-0.2, 0) is 4.74 Å². The molecule has 1 atom stereocenters. The smallest absolute Gasteiger partial charge is 0.345 e. The number of anilines is 1. The minimum absolute atomic E-state index is 0.0199. The van der Waals surface area contributed by atoms with Crippen LogP contribution in [0.4, 0.5) is 11.5 Å². The van der Waals surface area contributed by atoms with Crippen LogP contribution in [0.3, 0.4) is 0 Å². The van der Waals surface area contributed by atoms with E-state index in [4.69, 9.17) is 9.15 Å². The topological polar surface area (TPSA) is 108 Å². The van der Waals surface area contributed by atoms with Crippen molar-refractivity contribution in [3.63, 3.8) is 0 Å². The van der Waals surface area contributed by atoms with Crippen molar-refractivity contribution in [2.75, 3.05) is 11.9 Å². The van der Waals surface area contributed by atoms with Gasteiger partial charge in [-0.15, -0.1) is 0 Å². The number of carbonyl (C=O) groups excluding carboxylic acids is 1. The Labute approximate surface area is 148 Å². The molecule has 0 aliphatic carbocycles. The lowest BCUT2D eigenvalue weighted by Crippen LogP contribution is -2.13. The molecule has 2 heterocycles. The van der Waals surface area contributed by atoms with Crippen LogP contribution >= 0.6 is 0 Å². The highest BCUT2D eigenvalue weighted by Crippen LogP contribution is 2.31. The molecule has 0 aliphatic rings. The average molecular weight is 355 g/mol. The van der Waals surface area contributed by atoms with Gasteiger partial charge in [-0.25, -0.2) is 9.78 Å². The molecular weight excluding hydrogens is 338 g/mol. The Morgan fingerprint density at radius 3 is 2.85 bits per heavy atom. The fourth-order valence-corrected chi connectivity index (χ4v) is 2.61. The highest BCUT2D eigenvalue weighted by atomic mass is 16.6. The van der Waals surface area contributed by atoms with E-state index in [1.54, 1.807) is 13.8 Å². The summed E-state index contributed by atoms with van der Waals surface area (Å²) in [6.45, 7) is 3.55. The van der Waals surface area contributed by atoms with Gasteiger partial charge in [-0.05, 0) is 32.0 Å². The lowest BCUT2D eigenvalue weighted by Gasteiger charge is -2.13. The lowest BCUT2D eigenvalue weighted by atomic mass is 10.2. The first-order chi connectivity index (χ1) is 12.5. The summed E-state index contributed by atoms with van der Waals surface area (Å²) in [6, 6.07) is 10.2. The van der Waals surface area contributed by atoms with Crippen LogP contribution in [0.2, 0.25) is 0 Å². The van der Waals surface area contributed by atoms with Crippen LogP contribution in [-0.4, -0.2) is 22.5 Å². The maximum Gasteiger partial charge on any atom is 0.345 e. The fourth-order valence-electron chi connectivity index (χ4n) is 2.61. The predicted octanol–water partition coefficient (Wildman–Crippen LogP) is 4.09. The van der Waals surface area contributed by atoms with Crippen LogP contribution < -0.4 is 5.32 Å². The van der Waals surface area contributed by atoms with E-state index in [1.165, 1.54) is 12.3 Å². The number of nitrogens with one attached hydrogen (secondary N) is 1. The average Bonchev–Trinajstić information content (AvgIpc) is 3.06. The number of pyridine rings is 1. The first-order valence-corrected chi connectivity index (χ1v) is 8.06. The molecule has 0 saturated heterocycles. The zero-order valence-electron chi connectivity index (χ0n) is 14.3. The van der Waals surface area contributed by atoms with E-state index in [0.717, 1.165) is 11.0 Å². The summed E-state index contributed by atoms with van der Waals surface area (Å²) in [5.41, 5.74) is 0.152. The largest absolute Gasteiger partial charge is 0.462 e. The van der Waals surface area contributed by atoms with E-state index in [-0.39, 0.29) is 18.0 Å². The number of furan rings is 1. The minimum Gasteiger partial charge on any atom is -0.462 e. The molecule has 0 bridgehead atoms. The molecule has 134 valence electrons. The number of ether oxygens (including phenoxy) is 1. The fraction of sp³-hybridized carbons (Fsp3) is 0.222. The minimum atomic E-state index is -0.763. The monoisotopic (exact) mass is 355 g/mol. The molecule has 26 heavy (non-hydrogen) atoms. The normalized spacial score (nSPS) is 11.9. The van der Waals surface area contributed by atoms with Gasteiger partial charge in [0.1, 0.15) is 16.9 Å². The van der Waals surface area contributed by atoms with Crippen molar-refractivity contribution >= 4 is 28.4 Å². The summed E-state index contributed by atoms with van der Waals surface area (Å²) in [5, 5.41) is 15.4. The van der Waals surface area contributed by atoms with Gasteiger partial charge in [0.25, 0.3) is 0 Å². The van der Waals surface area contributed by atoms with Crippen molar-refractivity contribution < 1.29 is 18.9 Å². The molecule has 3 aromatic rings. The second-order valence-electron chi connectivity index (χ2n) is 5.59. The molecule has 0 saturated carbocycles. The zero-order valence-corrected chi connectivity index (χ0v) is 14.3. The number of para-hydroxylation sites is 1. The Bertz CT molecular complexity index is 933. The van der Waals surface area contributed by atoms with Crippen molar-refractivity contribution in [1.29, 1.82) is 0 Å². The quantitative estimate of drug-likeness (QED) is 0.403. The first kappa shape index (κ1) is 17.4. The third-order valence-electron chi connectivity index (χ3n) is 3.83. The van der Waals surface area contributed by atoms with E-state index in [2.05, 4.69) is 10.3 Å². The van der Waals surface area contributed by atoms with Crippen molar-refractivity contribution in [2.24, 2.45) is 0 Å². The number of nitro groups is 1. The number of benzene rings is 1. The second-order valence-corrected chi connectivity index (χ2v) is 5.59.